The van der Waals surface area contributed by atoms with E-state index in [-0.39, 0.29) is 12.2 Å². The van der Waals surface area contributed by atoms with Gasteiger partial charge in [0.15, 0.2) is 11.5 Å². The summed E-state index contributed by atoms with van der Waals surface area (Å²) in [6, 6.07) is 14.7. The number of rotatable bonds is 8. The number of nitrogens with zero attached hydrogens (tertiary/aromatic N) is 1. The Morgan fingerprint density at radius 3 is 2.22 bits per heavy atom. The highest BCUT2D eigenvalue weighted by molar-refractivity contribution is 5.89. The van der Waals surface area contributed by atoms with Crippen molar-refractivity contribution in [2.75, 3.05) is 33.9 Å². The van der Waals surface area contributed by atoms with Crippen LogP contribution >= 0.6 is 0 Å². The average molecular weight is 513 g/mol. The van der Waals surface area contributed by atoms with E-state index in [2.05, 4.69) is 41.3 Å². The van der Waals surface area contributed by atoms with Crippen LogP contribution in [0.4, 0.5) is 0 Å². The summed E-state index contributed by atoms with van der Waals surface area (Å²) < 4.78 is 17.7. The predicted molar refractivity (Wildman–Crippen MR) is 139 cm³/mol. The number of methoxy groups -OCH3 is 2. The van der Waals surface area contributed by atoms with Gasteiger partial charge in [0.1, 0.15) is 0 Å². The van der Waals surface area contributed by atoms with Crippen LogP contribution < -0.4 is 15.2 Å². The lowest BCUT2D eigenvalue weighted by Gasteiger charge is -2.40. The molecule has 37 heavy (non-hydrogen) atoms. The molecule has 9 nitrogen and oxygen atoms in total. The number of likely N-dealkylation sites (tertiary alicyclic amines) is 1. The Bertz CT molecular complexity index is 1050. The summed E-state index contributed by atoms with van der Waals surface area (Å²) in [4.78, 5) is 21.7. The molecule has 0 aromatic heterocycles. The maximum atomic E-state index is 9.55. The molecule has 2 aromatic rings. The zero-order chi connectivity index (χ0) is 26.8. The Morgan fingerprint density at radius 1 is 1.03 bits per heavy atom. The third kappa shape index (κ3) is 7.79. The van der Waals surface area contributed by atoms with Crippen LogP contribution in [-0.2, 0) is 27.3 Å². The number of ether oxygens (including phenoxy) is 3. The molecule has 2 aromatic carbocycles. The molecule has 0 bridgehead atoms. The van der Waals surface area contributed by atoms with Crippen molar-refractivity contribution in [3.05, 3.63) is 71.3 Å². The Balaban J connectivity index is 0.000000414. The Morgan fingerprint density at radius 2 is 1.68 bits per heavy atom. The minimum atomic E-state index is -1.26. The second-order valence-electron chi connectivity index (χ2n) is 9.08. The lowest BCUT2D eigenvalue weighted by Crippen LogP contribution is -2.42. The van der Waals surface area contributed by atoms with Crippen LogP contribution in [0.25, 0.3) is 0 Å². The quantitative estimate of drug-likeness (QED) is 0.456. The van der Waals surface area contributed by atoms with Gasteiger partial charge < -0.3 is 30.2 Å². The number of benzene rings is 2. The average Bonchev–Trinajstić information content (AvgIpc) is 2.91. The van der Waals surface area contributed by atoms with Gasteiger partial charge in [-0.05, 0) is 49.0 Å². The van der Waals surface area contributed by atoms with Gasteiger partial charge in [-0.25, -0.2) is 9.59 Å². The van der Waals surface area contributed by atoms with E-state index in [1.807, 2.05) is 6.07 Å². The molecule has 9 heteroatoms. The fourth-order valence-electron chi connectivity index (χ4n) is 4.98. The summed E-state index contributed by atoms with van der Waals surface area (Å²) >= 11 is 0. The third-order valence-electron chi connectivity index (χ3n) is 6.77. The molecule has 0 spiro atoms. The molecule has 4 rings (SSSR count). The van der Waals surface area contributed by atoms with Crippen molar-refractivity contribution in [3.8, 4) is 11.5 Å². The van der Waals surface area contributed by atoms with Crippen molar-refractivity contribution in [1.82, 2.24) is 4.90 Å². The normalized spacial score (nSPS) is 20.0. The van der Waals surface area contributed by atoms with Crippen molar-refractivity contribution in [1.29, 1.82) is 0 Å². The van der Waals surface area contributed by atoms with Gasteiger partial charge in [0, 0.05) is 37.2 Å². The number of nitrogens with two attached hydrogens (primary N) is 1. The van der Waals surface area contributed by atoms with Crippen LogP contribution in [0.2, 0.25) is 0 Å². The molecule has 4 N–H and O–H groups in total. The molecule has 1 fully saturated rings. The lowest BCUT2D eigenvalue weighted by atomic mass is 9.83. The van der Waals surface area contributed by atoms with Crippen molar-refractivity contribution in [2.45, 2.75) is 38.0 Å². The molecule has 0 aliphatic carbocycles. The summed E-state index contributed by atoms with van der Waals surface area (Å²) in [6.45, 7) is 3.72. The van der Waals surface area contributed by atoms with Gasteiger partial charge in [0.2, 0.25) is 0 Å². The number of fused-ring (bicyclic) bond motifs is 1. The summed E-state index contributed by atoms with van der Waals surface area (Å²) in [5.74, 6) is -0.362. The molecule has 0 amide bonds. The number of carboxylic acids is 2. The first-order valence-corrected chi connectivity index (χ1v) is 12.4. The highest BCUT2D eigenvalue weighted by Gasteiger charge is 2.36. The van der Waals surface area contributed by atoms with E-state index in [0.717, 1.165) is 56.0 Å². The van der Waals surface area contributed by atoms with Gasteiger partial charge in [-0.2, -0.15) is 0 Å². The smallest absolute Gasteiger partial charge is 0.328 e. The molecule has 200 valence electrons. The van der Waals surface area contributed by atoms with E-state index in [4.69, 9.17) is 30.2 Å². The number of piperidine rings is 1. The van der Waals surface area contributed by atoms with E-state index in [1.165, 1.54) is 11.1 Å². The van der Waals surface area contributed by atoms with Gasteiger partial charge in [0.25, 0.3) is 0 Å². The summed E-state index contributed by atoms with van der Waals surface area (Å²) in [5, 5.41) is 15.6. The summed E-state index contributed by atoms with van der Waals surface area (Å²) in [6.07, 6.45) is 4.37. The van der Waals surface area contributed by atoms with Gasteiger partial charge >= 0.3 is 11.9 Å². The van der Waals surface area contributed by atoms with Gasteiger partial charge in [0.05, 0.1) is 26.4 Å². The Hall–Kier alpha value is -3.40. The summed E-state index contributed by atoms with van der Waals surface area (Å²) in [7, 11) is 3.39. The molecule has 0 radical (unpaired) electrons. The monoisotopic (exact) mass is 512 g/mol. The van der Waals surface area contributed by atoms with Gasteiger partial charge in [-0.15, -0.1) is 0 Å². The molecule has 2 unspecified atom stereocenters. The van der Waals surface area contributed by atoms with Crippen molar-refractivity contribution in [2.24, 2.45) is 11.7 Å². The zero-order valence-corrected chi connectivity index (χ0v) is 21.3. The van der Waals surface area contributed by atoms with E-state index in [9.17, 15) is 9.59 Å². The fraction of sp³-hybridized carbons (Fsp3) is 0.429. The molecule has 0 saturated carbocycles. The van der Waals surface area contributed by atoms with E-state index >= 15 is 0 Å². The highest BCUT2D eigenvalue weighted by Crippen LogP contribution is 2.43. The van der Waals surface area contributed by atoms with E-state index in [0.29, 0.717) is 24.6 Å². The largest absolute Gasteiger partial charge is 0.493 e. The topological polar surface area (TPSA) is 132 Å². The van der Waals surface area contributed by atoms with E-state index in [1.54, 1.807) is 14.2 Å². The minimum Gasteiger partial charge on any atom is -0.493 e. The first kappa shape index (κ1) is 28.2. The molecule has 2 atom stereocenters. The maximum Gasteiger partial charge on any atom is 0.328 e. The lowest BCUT2D eigenvalue weighted by molar-refractivity contribution is -0.134. The first-order chi connectivity index (χ1) is 17.9. The summed E-state index contributed by atoms with van der Waals surface area (Å²) in [5.41, 5.74) is 9.80. The third-order valence-corrected chi connectivity index (χ3v) is 6.77. The highest BCUT2D eigenvalue weighted by atomic mass is 16.5. The van der Waals surface area contributed by atoms with Crippen LogP contribution in [0.3, 0.4) is 0 Å². The maximum absolute atomic E-state index is 9.55. The van der Waals surface area contributed by atoms with Crippen LogP contribution in [0.1, 0.15) is 35.6 Å². The van der Waals surface area contributed by atoms with Crippen LogP contribution in [0.15, 0.2) is 54.6 Å². The van der Waals surface area contributed by atoms with E-state index < -0.39 is 11.9 Å². The number of hydrogen-bond acceptors (Lipinski definition) is 7. The first-order valence-electron chi connectivity index (χ1n) is 12.4. The fourth-order valence-corrected chi connectivity index (χ4v) is 4.98. The van der Waals surface area contributed by atoms with Gasteiger partial charge in [-0.1, -0.05) is 36.4 Å². The molecular formula is C28H36N2O7. The predicted octanol–water partition coefficient (Wildman–Crippen LogP) is 3.27. The van der Waals surface area contributed by atoms with Crippen molar-refractivity contribution >= 4 is 11.9 Å². The number of aliphatic carboxylic acids is 2. The number of carbonyl (C=O) groups is 2. The molecule has 2 aliphatic heterocycles. The Kier molecular flexibility index (Phi) is 10.5. The number of hydrogen-bond donors (Lipinski definition) is 3. The molecule has 1 saturated heterocycles. The molecule has 2 aliphatic rings. The van der Waals surface area contributed by atoms with Crippen LogP contribution in [0, 0.1) is 5.92 Å². The molecular weight excluding hydrogens is 476 g/mol. The zero-order valence-electron chi connectivity index (χ0n) is 21.3. The Labute approximate surface area is 217 Å². The SMILES string of the molecule is COc1ccc2c(c1OC)CC(C1CCN(Cc3ccccc3)CC1)OC2CN.O=C(O)/C=C/C(=O)O. The van der Waals surface area contributed by atoms with Gasteiger partial charge in [-0.3, -0.25) is 4.90 Å². The number of carboxylic acid groups (broad SMARTS) is 2. The standard InChI is InChI=1S/C24H32N2O3.C4H4O4/c1-27-21-9-8-19-20(24(21)28-2)14-22(29-23(19)15-25)18-10-12-26(13-11-18)16-17-6-4-3-5-7-17;5-3(6)1-2-4(7)8/h3-9,18,22-23H,10-16,25H2,1-2H3;1-2H,(H,5,6)(H,7,8)/b;2-1+. The second-order valence-corrected chi connectivity index (χ2v) is 9.08. The van der Waals surface area contributed by atoms with Crippen molar-refractivity contribution in [3.63, 3.8) is 0 Å². The van der Waals surface area contributed by atoms with Crippen molar-refractivity contribution < 1.29 is 34.0 Å². The van der Waals surface area contributed by atoms with Crippen LogP contribution in [-0.4, -0.2) is 67.0 Å². The molecule has 2 heterocycles. The van der Waals surface area contributed by atoms with Crippen LogP contribution in [0.5, 0.6) is 11.5 Å². The minimum absolute atomic E-state index is 0.0779. The second kappa shape index (κ2) is 13.8.